The minimum absolute atomic E-state index is 0. The fraction of sp³-hybridized carbons (Fsp3) is 0.0435. The molecule has 0 amide bonds. The molecule has 5 rings (SSSR count). The predicted molar refractivity (Wildman–Crippen MR) is 111 cm³/mol. The van der Waals surface area contributed by atoms with E-state index in [0.29, 0.717) is 17.7 Å². The van der Waals surface area contributed by atoms with E-state index in [0.717, 1.165) is 27.9 Å². The molecule has 3 heterocycles. The highest BCUT2D eigenvalue weighted by Gasteiger charge is 2.14. The lowest BCUT2D eigenvalue weighted by atomic mass is 10.0. The van der Waals surface area contributed by atoms with Gasteiger partial charge in [0.25, 0.3) is 5.69 Å². The fourth-order valence-electron chi connectivity index (χ4n) is 3.41. The van der Waals surface area contributed by atoms with Crippen LogP contribution < -0.4 is 10.3 Å². The number of aromatic nitrogens is 4. The second kappa shape index (κ2) is 8.29. The van der Waals surface area contributed by atoms with Gasteiger partial charge in [0.2, 0.25) is 0 Å². The molecule has 0 aliphatic rings. The Labute approximate surface area is 175 Å². The van der Waals surface area contributed by atoms with Crippen LogP contribution in [0.4, 0.5) is 4.39 Å². The van der Waals surface area contributed by atoms with Crippen LogP contribution in [-0.2, 0) is 6.54 Å². The largest absolute Gasteiger partial charge is 0.870 e. The van der Waals surface area contributed by atoms with E-state index in [1.54, 1.807) is 18.3 Å². The normalized spacial score (nSPS) is 10.7. The first-order chi connectivity index (χ1) is 14.7. The van der Waals surface area contributed by atoms with E-state index in [2.05, 4.69) is 15.3 Å². The number of hydrogen-bond acceptors (Lipinski definition) is 5. The number of H-pyrrole nitrogens is 1. The fourth-order valence-corrected chi connectivity index (χ4v) is 3.41. The quantitative estimate of drug-likeness (QED) is 0.356. The molecule has 0 aliphatic carbocycles. The monoisotopic (exact) mass is 416 g/mol. The Kier molecular flexibility index (Phi) is 5.38. The van der Waals surface area contributed by atoms with Crippen molar-refractivity contribution in [2.45, 2.75) is 6.54 Å². The molecule has 0 bridgehead atoms. The van der Waals surface area contributed by atoms with Gasteiger partial charge in [-0.2, -0.15) is 4.68 Å². The summed E-state index contributed by atoms with van der Waals surface area (Å²) in [5.74, 6) is -0.324. The van der Waals surface area contributed by atoms with E-state index in [-0.39, 0.29) is 11.3 Å². The zero-order valence-corrected chi connectivity index (χ0v) is 16.2. The number of aromatic amines is 1. The first-order valence-electron chi connectivity index (χ1n) is 9.35. The Morgan fingerprint density at radius 2 is 1.84 bits per heavy atom. The van der Waals surface area contributed by atoms with Crippen LogP contribution in [0, 0.1) is 5.82 Å². The molecule has 31 heavy (non-hydrogen) atoms. The standard InChI is InChI=1S/C23H15FN4O2.H2O/c24-17-7-5-16(6-8-17)19-12-23(29)30-22-11-15(4-9-18(19)22)13-28-14-21(26-27-28)20-3-1-2-10-25-20;/h1-12,14H,13H2;1H2. The van der Waals surface area contributed by atoms with Crippen molar-refractivity contribution in [3.63, 3.8) is 0 Å². The molecule has 0 unspecified atom stereocenters. The molecule has 0 saturated heterocycles. The molecule has 2 aromatic carbocycles. The van der Waals surface area contributed by atoms with Crippen molar-refractivity contribution in [2.24, 2.45) is 0 Å². The van der Waals surface area contributed by atoms with Gasteiger partial charge in [0, 0.05) is 22.7 Å². The molecule has 0 radical (unpaired) electrons. The molecule has 2 N–H and O–H groups in total. The first kappa shape index (κ1) is 20.1. The number of pyridine rings is 1. The molecule has 8 heteroatoms. The third kappa shape index (κ3) is 4.10. The van der Waals surface area contributed by atoms with Gasteiger partial charge >= 0.3 is 5.63 Å². The van der Waals surface area contributed by atoms with Crippen molar-refractivity contribution in [3.8, 4) is 22.5 Å². The Morgan fingerprint density at radius 3 is 2.61 bits per heavy atom. The van der Waals surface area contributed by atoms with Crippen molar-refractivity contribution in [1.82, 2.24) is 15.3 Å². The molecule has 3 aromatic heterocycles. The minimum atomic E-state index is -0.453. The molecule has 5 aromatic rings. The van der Waals surface area contributed by atoms with Crippen LogP contribution in [-0.4, -0.2) is 20.8 Å². The number of rotatable bonds is 4. The van der Waals surface area contributed by atoms with E-state index in [1.807, 2.05) is 47.3 Å². The Balaban J connectivity index is 0.00000231. The second-order valence-corrected chi connectivity index (χ2v) is 6.89. The zero-order chi connectivity index (χ0) is 20.5. The summed E-state index contributed by atoms with van der Waals surface area (Å²) in [6, 6.07) is 18.8. The Hall–Kier alpha value is -4.17. The average molecular weight is 416 g/mol. The highest BCUT2D eigenvalue weighted by molar-refractivity contribution is 5.93. The summed E-state index contributed by atoms with van der Waals surface area (Å²) < 4.78 is 20.5. The minimum Gasteiger partial charge on any atom is -0.870 e. The highest BCUT2D eigenvalue weighted by atomic mass is 19.1. The van der Waals surface area contributed by atoms with Crippen LogP contribution in [0.1, 0.15) is 5.56 Å². The molecular weight excluding hydrogens is 399 g/mol. The van der Waals surface area contributed by atoms with Crippen molar-refractivity contribution in [2.75, 3.05) is 0 Å². The summed E-state index contributed by atoms with van der Waals surface area (Å²) >= 11 is 0. The third-order valence-electron chi connectivity index (χ3n) is 4.82. The summed E-state index contributed by atoms with van der Waals surface area (Å²) in [5, 5.41) is 8.03. The maximum absolute atomic E-state index is 13.3. The lowest BCUT2D eigenvalue weighted by Crippen LogP contribution is -2.35. The van der Waals surface area contributed by atoms with Crippen LogP contribution in [0.25, 0.3) is 33.5 Å². The smallest absolute Gasteiger partial charge is 0.336 e. The summed E-state index contributed by atoms with van der Waals surface area (Å²) in [7, 11) is 0. The van der Waals surface area contributed by atoms with Crippen LogP contribution in [0.15, 0.2) is 88.3 Å². The van der Waals surface area contributed by atoms with Crippen LogP contribution in [0.5, 0.6) is 0 Å². The molecule has 154 valence electrons. The first-order valence-corrected chi connectivity index (χ1v) is 9.35. The molecule has 7 nitrogen and oxygen atoms in total. The van der Waals surface area contributed by atoms with Gasteiger partial charge in [-0.25, -0.2) is 9.18 Å². The van der Waals surface area contributed by atoms with E-state index in [9.17, 15) is 9.18 Å². The SMILES string of the molecule is O=c1cc(-c2ccc(F)cc2)c2ccc(C[n+]3cc(-c4ccccn4)n[nH]3)cc2o1.[OH-]. The van der Waals surface area contributed by atoms with Crippen molar-refractivity contribution < 1.29 is 19.0 Å². The van der Waals surface area contributed by atoms with Gasteiger partial charge < -0.3 is 9.89 Å². The van der Waals surface area contributed by atoms with Crippen molar-refractivity contribution in [3.05, 3.63) is 101 Å². The van der Waals surface area contributed by atoms with Gasteiger partial charge in [0.15, 0.2) is 6.20 Å². The maximum Gasteiger partial charge on any atom is 0.336 e. The summed E-state index contributed by atoms with van der Waals surface area (Å²) in [5.41, 5.74) is 3.94. The molecule has 0 spiro atoms. The lowest BCUT2D eigenvalue weighted by Gasteiger charge is -2.07. The van der Waals surface area contributed by atoms with Crippen molar-refractivity contribution >= 4 is 11.0 Å². The average Bonchev–Trinajstić information content (AvgIpc) is 3.23. The number of nitrogens with zero attached hydrogens (tertiary/aromatic N) is 3. The van der Waals surface area contributed by atoms with Crippen LogP contribution >= 0.6 is 0 Å². The van der Waals surface area contributed by atoms with Crippen molar-refractivity contribution in [1.29, 1.82) is 0 Å². The van der Waals surface area contributed by atoms with E-state index < -0.39 is 5.63 Å². The lowest BCUT2D eigenvalue weighted by molar-refractivity contribution is -0.745. The number of hydrogen-bond donors (Lipinski definition) is 1. The number of halogens is 1. The maximum atomic E-state index is 13.3. The number of nitrogens with one attached hydrogen (secondary N) is 1. The predicted octanol–water partition coefficient (Wildman–Crippen LogP) is 3.54. The zero-order valence-electron chi connectivity index (χ0n) is 16.2. The summed E-state index contributed by atoms with van der Waals surface area (Å²) in [4.78, 5) is 16.4. The van der Waals surface area contributed by atoms with Gasteiger partial charge in [-0.1, -0.05) is 35.5 Å². The molecular formula is C23H17FN4O3. The van der Waals surface area contributed by atoms with Crippen LogP contribution in [0.3, 0.4) is 0 Å². The van der Waals surface area contributed by atoms with Gasteiger partial charge in [-0.05, 0) is 47.0 Å². The highest BCUT2D eigenvalue weighted by Crippen LogP contribution is 2.28. The van der Waals surface area contributed by atoms with E-state index in [1.165, 1.54) is 18.2 Å². The van der Waals surface area contributed by atoms with E-state index >= 15 is 0 Å². The third-order valence-corrected chi connectivity index (χ3v) is 4.82. The second-order valence-electron chi connectivity index (χ2n) is 6.89. The molecule has 0 atom stereocenters. The Bertz CT molecular complexity index is 1400. The topological polar surface area (TPSA) is 106 Å². The van der Waals surface area contributed by atoms with Crippen LogP contribution in [0.2, 0.25) is 0 Å². The van der Waals surface area contributed by atoms with Gasteiger partial charge in [0.05, 0.1) is 0 Å². The molecule has 0 fully saturated rings. The molecule has 0 aliphatic heterocycles. The molecule has 0 saturated carbocycles. The Morgan fingerprint density at radius 1 is 1.00 bits per heavy atom. The van der Waals surface area contributed by atoms with Gasteiger partial charge in [-0.15, -0.1) is 0 Å². The van der Waals surface area contributed by atoms with Gasteiger partial charge in [-0.3, -0.25) is 4.98 Å². The summed E-state index contributed by atoms with van der Waals surface area (Å²) in [6.45, 7) is 0.514. The number of fused-ring (bicyclic) bond motifs is 1. The number of benzene rings is 2. The van der Waals surface area contributed by atoms with E-state index in [4.69, 9.17) is 4.42 Å². The summed E-state index contributed by atoms with van der Waals surface area (Å²) in [6.07, 6.45) is 3.59. The van der Waals surface area contributed by atoms with Gasteiger partial charge in [0.1, 0.15) is 23.6 Å².